The van der Waals surface area contributed by atoms with Gasteiger partial charge in [0, 0.05) is 56.3 Å². The highest BCUT2D eigenvalue weighted by Crippen LogP contribution is 2.28. The van der Waals surface area contributed by atoms with Gasteiger partial charge in [0.2, 0.25) is 0 Å². The van der Waals surface area contributed by atoms with Gasteiger partial charge < -0.3 is 16.0 Å². The molecule has 0 aromatic rings. The van der Waals surface area contributed by atoms with Crippen molar-refractivity contribution in [1.82, 2.24) is 10.2 Å². The summed E-state index contributed by atoms with van der Waals surface area (Å²) in [7, 11) is 5.40. The molecule has 0 aromatic carbocycles. The standard InChI is InChI=1S/C16H24N4O/c1-10(11(2)17)16(19-5)13-7-14(15(9-21)18-4)12(3)20(6)8-13/h7,13,18H,3,8,17H2,1-2,4-6H3/b11-10+,19-16?. The smallest absolute Gasteiger partial charge is 0.150 e. The van der Waals surface area contributed by atoms with Crippen molar-refractivity contribution >= 4 is 11.7 Å². The molecule has 21 heavy (non-hydrogen) atoms. The first-order valence-corrected chi connectivity index (χ1v) is 6.82. The number of hydrogen-bond donors (Lipinski definition) is 2. The summed E-state index contributed by atoms with van der Waals surface area (Å²) >= 11 is 0. The Balaban J connectivity index is 3.35. The average molecular weight is 288 g/mol. The molecule has 5 heteroatoms. The van der Waals surface area contributed by atoms with Gasteiger partial charge in [-0.2, -0.15) is 0 Å². The Bertz CT molecular complexity index is 573. The number of nitrogens with one attached hydrogen (secondary N) is 1. The van der Waals surface area contributed by atoms with E-state index in [1.807, 2.05) is 37.8 Å². The molecule has 1 unspecified atom stereocenters. The second-order valence-corrected chi connectivity index (χ2v) is 5.16. The van der Waals surface area contributed by atoms with Gasteiger partial charge >= 0.3 is 0 Å². The zero-order valence-corrected chi connectivity index (χ0v) is 13.4. The zero-order valence-electron chi connectivity index (χ0n) is 13.4. The lowest BCUT2D eigenvalue weighted by Crippen LogP contribution is -2.35. The molecule has 0 aliphatic carbocycles. The van der Waals surface area contributed by atoms with E-state index in [4.69, 9.17) is 5.73 Å². The first kappa shape index (κ1) is 16.8. The van der Waals surface area contributed by atoms with Gasteiger partial charge in [0.25, 0.3) is 0 Å². The van der Waals surface area contributed by atoms with Gasteiger partial charge in [-0.25, -0.2) is 4.79 Å². The SMILES string of the molecule is C=C1C(C(=C=O)NC)=CC(C(=NC)/C(C)=C(\C)N)CN1C. The Kier molecular flexibility index (Phi) is 5.56. The van der Waals surface area contributed by atoms with Crippen LogP contribution in [-0.2, 0) is 4.79 Å². The highest BCUT2D eigenvalue weighted by atomic mass is 16.1. The maximum atomic E-state index is 11.1. The van der Waals surface area contributed by atoms with Gasteiger partial charge in [-0.15, -0.1) is 0 Å². The largest absolute Gasteiger partial charge is 0.402 e. The number of hydrogen-bond acceptors (Lipinski definition) is 5. The average Bonchev–Trinajstić information content (AvgIpc) is 2.45. The molecule has 1 aliphatic rings. The van der Waals surface area contributed by atoms with Crippen molar-refractivity contribution < 1.29 is 4.79 Å². The second-order valence-electron chi connectivity index (χ2n) is 5.16. The Hall–Kier alpha value is -2.26. The highest BCUT2D eigenvalue weighted by molar-refractivity contribution is 6.03. The molecule has 3 N–H and O–H groups in total. The molecular formula is C16H24N4O. The molecule has 0 amide bonds. The molecule has 1 rings (SSSR count). The topological polar surface area (TPSA) is 70.7 Å². The quantitative estimate of drug-likeness (QED) is 0.603. The van der Waals surface area contributed by atoms with E-state index in [2.05, 4.69) is 16.9 Å². The van der Waals surface area contributed by atoms with Crippen molar-refractivity contribution in [3.63, 3.8) is 0 Å². The molecule has 0 fully saturated rings. The van der Waals surface area contributed by atoms with Crippen molar-refractivity contribution in [3.8, 4) is 0 Å². The molecule has 0 spiro atoms. The van der Waals surface area contributed by atoms with E-state index in [-0.39, 0.29) is 5.92 Å². The fraction of sp³-hybridized carbons (Fsp3) is 0.438. The second kappa shape index (κ2) is 6.95. The third-order valence-corrected chi connectivity index (χ3v) is 3.80. The molecule has 5 nitrogen and oxygen atoms in total. The van der Waals surface area contributed by atoms with Crippen molar-refractivity contribution in [3.05, 3.63) is 40.9 Å². The molecule has 0 aromatic heterocycles. The Morgan fingerprint density at radius 1 is 1.57 bits per heavy atom. The van der Waals surface area contributed by atoms with Crippen LogP contribution in [0.15, 0.2) is 45.9 Å². The third-order valence-electron chi connectivity index (χ3n) is 3.80. The third kappa shape index (κ3) is 3.44. The monoisotopic (exact) mass is 288 g/mol. The molecule has 1 aliphatic heterocycles. The summed E-state index contributed by atoms with van der Waals surface area (Å²) in [6.07, 6.45) is 2.01. The minimum absolute atomic E-state index is 0.0516. The van der Waals surface area contributed by atoms with Gasteiger partial charge in [-0.3, -0.25) is 4.99 Å². The summed E-state index contributed by atoms with van der Waals surface area (Å²) in [5.74, 6) is 1.98. The molecule has 1 atom stereocenters. The maximum absolute atomic E-state index is 11.1. The number of allylic oxidation sites excluding steroid dienone is 2. The number of carbonyl (C=O) groups excluding carboxylic acids is 1. The van der Waals surface area contributed by atoms with Crippen LogP contribution in [0.1, 0.15) is 13.8 Å². The van der Waals surface area contributed by atoms with Crippen LogP contribution < -0.4 is 11.1 Å². The number of nitrogens with zero attached hydrogens (tertiary/aromatic N) is 2. The summed E-state index contributed by atoms with van der Waals surface area (Å²) in [5, 5.41) is 2.86. The number of rotatable bonds is 4. The Morgan fingerprint density at radius 2 is 2.19 bits per heavy atom. The minimum Gasteiger partial charge on any atom is -0.402 e. The van der Waals surface area contributed by atoms with E-state index in [1.165, 1.54) is 0 Å². The summed E-state index contributed by atoms with van der Waals surface area (Å²) in [6, 6.07) is 0. The van der Waals surface area contributed by atoms with Gasteiger partial charge in [0.15, 0.2) is 5.94 Å². The van der Waals surface area contributed by atoms with Gasteiger partial charge in [-0.1, -0.05) is 12.7 Å². The Morgan fingerprint density at radius 3 is 2.62 bits per heavy atom. The number of aliphatic imine (C=N–C) groups is 1. The summed E-state index contributed by atoms with van der Waals surface area (Å²) in [6.45, 7) is 8.60. The van der Waals surface area contributed by atoms with Gasteiger partial charge in [0.05, 0.1) is 0 Å². The summed E-state index contributed by atoms with van der Waals surface area (Å²) in [4.78, 5) is 17.5. The number of nitrogens with two attached hydrogens (primary N) is 1. The van der Waals surface area contributed by atoms with Crippen molar-refractivity contribution in [1.29, 1.82) is 0 Å². The van der Waals surface area contributed by atoms with E-state index < -0.39 is 0 Å². The molecular weight excluding hydrogens is 264 g/mol. The highest BCUT2D eigenvalue weighted by Gasteiger charge is 2.27. The molecule has 0 saturated heterocycles. The first-order valence-electron chi connectivity index (χ1n) is 6.82. The van der Waals surface area contributed by atoms with Crippen LogP contribution in [0.2, 0.25) is 0 Å². The summed E-state index contributed by atoms with van der Waals surface area (Å²) < 4.78 is 0. The predicted molar refractivity (Wildman–Crippen MR) is 87.5 cm³/mol. The lowest BCUT2D eigenvalue weighted by molar-refractivity contribution is 0.394. The van der Waals surface area contributed by atoms with Crippen LogP contribution in [0.3, 0.4) is 0 Å². The molecule has 0 radical (unpaired) electrons. The van der Waals surface area contributed by atoms with Gasteiger partial charge in [0.1, 0.15) is 5.70 Å². The van der Waals surface area contributed by atoms with Crippen molar-refractivity contribution in [2.75, 3.05) is 27.7 Å². The first-order chi connectivity index (χ1) is 9.87. The fourth-order valence-electron chi connectivity index (χ4n) is 2.41. The van der Waals surface area contributed by atoms with E-state index >= 15 is 0 Å². The fourth-order valence-corrected chi connectivity index (χ4v) is 2.41. The zero-order chi connectivity index (χ0) is 16.2. The van der Waals surface area contributed by atoms with E-state index in [0.29, 0.717) is 5.70 Å². The van der Waals surface area contributed by atoms with E-state index in [1.54, 1.807) is 14.1 Å². The van der Waals surface area contributed by atoms with Gasteiger partial charge in [-0.05, 0) is 19.4 Å². The van der Waals surface area contributed by atoms with Crippen LogP contribution in [0.5, 0.6) is 0 Å². The number of likely N-dealkylation sites (N-methyl/N-ethyl adjacent to an activating group) is 2. The summed E-state index contributed by atoms with van der Waals surface area (Å²) in [5.41, 5.74) is 10.5. The van der Waals surface area contributed by atoms with E-state index in [9.17, 15) is 4.79 Å². The lowest BCUT2D eigenvalue weighted by atomic mass is 9.89. The van der Waals surface area contributed by atoms with Crippen LogP contribution in [0, 0.1) is 5.92 Å². The lowest BCUT2D eigenvalue weighted by Gasteiger charge is -2.33. The minimum atomic E-state index is 0.0516. The predicted octanol–water partition coefficient (Wildman–Crippen LogP) is 1.25. The van der Waals surface area contributed by atoms with Crippen LogP contribution in [-0.4, -0.2) is 44.2 Å². The molecule has 0 bridgehead atoms. The van der Waals surface area contributed by atoms with Crippen molar-refractivity contribution in [2.45, 2.75) is 13.8 Å². The van der Waals surface area contributed by atoms with Crippen LogP contribution >= 0.6 is 0 Å². The maximum Gasteiger partial charge on any atom is 0.150 e. The Labute approximate surface area is 126 Å². The van der Waals surface area contributed by atoms with Crippen LogP contribution in [0.25, 0.3) is 0 Å². The van der Waals surface area contributed by atoms with Crippen LogP contribution in [0.4, 0.5) is 0 Å². The molecule has 114 valence electrons. The van der Waals surface area contributed by atoms with E-state index in [0.717, 1.165) is 34.8 Å². The normalized spacial score (nSPS) is 20.5. The molecule has 0 saturated carbocycles. The molecule has 1 heterocycles. The van der Waals surface area contributed by atoms with Crippen molar-refractivity contribution in [2.24, 2.45) is 16.6 Å².